The lowest BCUT2D eigenvalue weighted by molar-refractivity contribution is -0.113. The fourth-order valence-corrected chi connectivity index (χ4v) is 6.48. The zero-order valence-electron chi connectivity index (χ0n) is 23.4. The highest BCUT2D eigenvalue weighted by atomic mass is 79.9. The molecule has 4 aromatic carbocycles. The lowest BCUT2D eigenvalue weighted by Crippen LogP contribution is -2.31. The van der Waals surface area contributed by atoms with Crippen LogP contribution in [0.2, 0.25) is 10.0 Å². The average Bonchev–Trinajstić information content (AvgIpc) is 3.43. The Morgan fingerprint density at radius 3 is 2.55 bits per heavy atom. The number of halogens is 3. The van der Waals surface area contributed by atoms with Crippen molar-refractivity contribution in [1.29, 1.82) is 0 Å². The number of fused-ring (bicyclic) bond motifs is 1. The van der Waals surface area contributed by atoms with Gasteiger partial charge in [-0.25, -0.2) is 4.68 Å². The summed E-state index contributed by atoms with van der Waals surface area (Å²) >= 11 is 17.6. The largest absolute Gasteiger partial charge is 0.489 e. The molecule has 0 saturated heterocycles. The molecule has 0 saturated carbocycles. The van der Waals surface area contributed by atoms with Crippen LogP contribution in [-0.4, -0.2) is 20.7 Å². The molecule has 44 heavy (non-hydrogen) atoms. The Balaban J connectivity index is 1.39. The summed E-state index contributed by atoms with van der Waals surface area (Å²) < 4.78 is 8.96. The van der Waals surface area contributed by atoms with E-state index in [1.165, 1.54) is 11.8 Å². The molecule has 1 aliphatic heterocycles. The second-order valence-electron chi connectivity index (χ2n) is 10.0. The van der Waals surface area contributed by atoms with Gasteiger partial charge in [-0.1, -0.05) is 99.4 Å². The number of anilines is 2. The van der Waals surface area contributed by atoms with Crippen LogP contribution in [0, 0.1) is 0 Å². The van der Waals surface area contributed by atoms with Crippen molar-refractivity contribution in [3.63, 3.8) is 0 Å². The van der Waals surface area contributed by atoms with E-state index in [-0.39, 0.29) is 5.91 Å². The summed E-state index contributed by atoms with van der Waals surface area (Å²) in [6.07, 6.45) is 0. The first-order valence-corrected chi connectivity index (χ1v) is 16.2. The summed E-state index contributed by atoms with van der Waals surface area (Å²) in [5.41, 5.74) is 4.53. The smallest absolute Gasteiger partial charge is 0.255 e. The number of nitrogens with zero attached hydrogens (tertiary/aromatic N) is 3. The van der Waals surface area contributed by atoms with E-state index in [0.717, 1.165) is 21.2 Å². The molecule has 0 radical (unpaired) electrons. The first-order valence-electron chi connectivity index (χ1n) is 13.7. The van der Waals surface area contributed by atoms with Crippen molar-refractivity contribution >= 4 is 68.4 Å². The fraction of sp³-hybridized carbons (Fsp3) is 0.121. The molecule has 2 heterocycles. The summed E-state index contributed by atoms with van der Waals surface area (Å²) in [6, 6.07) is 29.7. The van der Waals surface area contributed by atoms with Crippen LogP contribution in [-0.2, 0) is 17.2 Å². The number of carbonyl (C=O) groups is 1. The van der Waals surface area contributed by atoms with Gasteiger partial charge in [0.25, 0.3) is 5.91 Å². The van der Waals surface area contributed by atoms with Crippen LogP contribution < -0.4 is 15.4 Å². The highest BCUT2D eigenvalue weighted by Gasteiger charge is 2.36. The molecular weight excluding hydrogens is 681 g/mol. The molecule has 1 aromatic heterocycles. The van der Waals surface area contributed by atoms with Crippen molar-refractivity contribution < 1.29 is 9.53 Å². The summed E-state index contributed by atoms with van der Waals surface area (Å²) in [6.45, 7) is 2.18. The molecule has 5 aromatic rings. The lowest BCUT2D eigenvalue weighted by atomic mass is 9.94. The van der Waals surface area contributed by atoms with E-state index in [2.05, 4.69) is 26.6 Å². The molecule has 1 unspecified atom stereocenters. The normalized spacial score (nSPS) is 14.1. The molecule has 0 spiro atoms. The van der Waals surface area contributed by atoms with E-state index in [9.17, 15) is 4.79 Å². The summed E-state index contributed by atoms with van der Waals surface area (Å²) in [7, 11) is 0. The summed E-state index contributed by atoms with van der Waals surface area (Å²) in [5, 5.41) is 13.1. The molecule has 0 bridgehead atoms. The molecular formula is C33H26BrCl2N5O2S. The number of allylic oxidation sites excluding steroid dienone is 1. The van der Waals surface area contributed by atoms with E-state index >= 15 is 0 Å². The van der Waals surface area contributed by atoms with E-state index in [1.807, 2.05) is 104 Å². The molecule has 1 aliphatic rings. The minimum atomic E-state index is -0.644. The minimum absolute atomic E-state index is 0.263. The summed E-state index contributed by atoms with van der Waals surface area (Å²) in [5.74, 6) is 1.46. The molecule has 6 rings (SSSR count). The van der Waals surface area contributed by atoms with Crippen molar-refractivity contribution in [2.75, 3.05) is 10.6 Å². The number of amides is 1. The molecule has 222 valence electrons. The highest BCUT2D eigenvalue weighted by Crippen LogP contribution is 2.42. The number of aromatic nitrogens is 3. The van der Waals surface area contributed by atoms with Gasteiger partial charge in [0.1, 0.15) is 18.4 Å². The first kappa shape index (κ1) is 30.3. The van der Waals surface area contributed by atoms with E-state index in [1.54, 1.807) is 4.68 Å². The number of hydrogen-bond acceptors (Lipinski definition) is 6. The number of thioether (sulfide) groups is 1. The minimum Gasteiger partial charge on any atom is -0.489 e. The van der Waals surface area contributed by atoms with Gasteiger partial charge < -0.3 is 15.4 Å². The van der Waals surface area contributed by atoms with Crippen molar-refractivity contribution in [2.45, 2.75) is 30.5 Å². The molecule has 0 aliphatic carbocycles. The zero-order valence-corrected chi connectivity index (χ0v) is 27.3. The van der Waals surface area contributed by atoms with Crippen LogP contribution in [0.5, 0.6) is 5.75 Å². The van der Waals surface area contributed by atoms with Crippen molar-refractivity contribution in [1.82, 2.24) is 14.8 Å². The Morgan fingerprint density at radius 2 is 1.77 bits per heavy atom. The van der Waals surface area contributed by atoms with Gasteiger partial charge in [0.15, 0.2) is 0 Å². The topological polar surface area (TPSA) is 81.1 Å². The maximum Gasteiger partial charge on any atom is 0.255 e. The number of hydrogen-bond donors (Lipinski definition) is 2. The second-order valence-corrected chi connectivity index (χ2v) is 12.7. The number of rotatable bonds is 9. The third-order valence-corrected chi connectivity index (χ3v) is 9.00. The number of nitrogens with one attached hydrogen (secondary N) is 2. The maximum absolute atomic E-state index is 14.0. The van der Waals surface area contributed by atoms with Crippen LogP contribution in [0.25, 0.3) is 0 Å². The molecule has 1 atom stereocenters. The summed E-state index contributed by atoms with van der Waals surface area (Å²) in [4.78, 5) is 18.8. The van der Waals surface area contributed by atoms with Gasteiger partial charge in [-0.05, 0) is 66.6 Å². The second kappa shape index (κ2) is 13.5. The predicted octanol–water partition coefficient (Wildman–Crippen LogP) is 9.15. The van der Waals surface area contributed by atoms with Gasteiger partial charge in [0.2, 0.25) is 11.1 Å². The Labute approximate surface area is 277 Å². The third-order valence-electron chi connectivity index (χ3n) is 7.00. The van der Waals surface area contributed by atoms with Crippen LogP contribution in [0.15, 0.2) is 118 Å². The van der Waals surface area contributed by atoms with Gasteiger partial charge >= 0.3 is 0 Å². The van der Waals surface area contributed by atoms with E-state index in [0.29, 0.717) is 56.2 Å². The van der Waals surface area contributed by atoms with E-state index in [4.69, 9.17) is 38.0 Å². The molecule has 1 amide bonds. The Morgan fingerprint density at radius 1 is 1.02 bits per heavy atom. The Hall–Kier alpha value is -3.76. The highest BCUT2D eigenvalue weighted by molar-refractivity contribution is 9.10. The van der Waals surface area contributed by atoms with Crippen LogP contribution >= 0.6 is 50.9 Å². The Kier molecular flexibility index (Phi) is 9.28. The number of benzene rings is 4. The average molecular weight is 707 g/mol. The molecule has 2 N–H and O–H groups in total. The lowest BCUT2D eigenvalue weighted by Gasteiger charge is -2.30. The third kappa shape index (κ3) is 6.81. The van der Waals surface area contributed by atoms with E-state index < -0.39 is 6.04 Å². The van der Waals surface area contributed by atoms with Crippen molar-refractivity contribution in [3.8, 4) is 5.75 Å². The van der Waals surface area contributed by atoms with Gasteiger partial charge in [0, 0.05) is 37.2 Å². The number of ether oxygens (including phenoxy) is 1. The monoisotopic (exact) mass is 705 g/mol. The van der Waals surface area contributed by atoms with Crippen LogP contribution in [0.4, 0.5) is 11.6 Å². The molecule has 7 nitrogen and oxygen atoms in total. The molecule has 0 fully saturated rings. The first-order chi connectivity index (χ1) is 21.4. The number of carbonyl (C=O) groups excluding carboxylic acids is 1. The predicted molar refractivity (Wildman–Crippen MR) is 180 cm³/mol. The van der Waals surface area contributed by atoms with Gasteiger partial charge in [-0.3, -0.25) is 4.79 Å². The van der Waals surface area contributed by atoms with Crippen molar-refractivity contribution in [2.24, 2.45) is 0 Å². The Bertz CT molecular complexity index is 1850. The van der Waals surface area contributed by atoms with Gasteiger partial charge in [-0.2, -0.15) is 4.98 Å². The number of para-hydroxylation sites is 1. The SMILES string of the molecule is CC1=C(C(=O)Nc2ccccc2)C(c2cc(Br)ccc2OCc2ccc(Cl)cc2)n2nc(SCc3ccccc3Cl)nc2N1. The fourth-order valence-electron chi connectivity index (χ4n) is 4.86. The standard InChI is InChI=1S/C33H26BrCl2N5O2S/c1-20-29(31(42)38-25-8-3-2-4-9-25)30(26-17-23(34)13-16-28(26)43-18-21-11-14-24(35)15-12-21)41-32(37-20)39-33(40-41)44-19-22-7-5-6-10-27(22)36/h2-17,30H,18-19H2,1H3,(H,38,42)(H,37,39,40). The zero-order chi connectivity index (χ0) is 30.6. The molecule has 11 heteroatoms. The van der Waals surface area contributed by atoms with Crippen molar-refractivity contribution in [3.05, 3.63) is 140 Å². The van der Waals surface area contributed by atoms with Gasteiger partial charge in [0.05, 0.1) is 5.57 Å². The maximum atomic E-state index is 14.0. The van der Waals surface area contributed by atoms with Crippen LogP contribution in [0.3, 0.4) is 0 Å². The van der Waals surface area contributed by atoms with Crippen LogP contribution in [0.1, 0.15) is 29.7 Å². The van der Waals surface area contributed by atoms with Gasteiger partial charge in [-0.15, -0.1) is 5.10 Å². The quantitative estimate of drug-likeness (QED) is 0.149.